The third-order valence-corrected chi connectivity index (χ3v) is 5.72. The molecule has 1 atom stereocenters. The van der Waals surface area contributed by atoms with Gasteiger partial charge in [0.2, 0.25) is 5.91 Å². The molecule has 0 radical (unpaired) electrons. The molecule has 0 bridgehead atoms. The number of carbonyl (C=O) groups is 1. The summed E-state index contributed by atoms with van der Waals surface area (Å²) in [4.78, 5) is 23.6. The van der Waals surface area contributed by atoms with E-state index in [1.54, 1.807) is 0 Å². The average molecular weight is 357 g/mol. The van der Waals surface area contributed by atoms with Crippen molar-refractivity contribution in [2.24, 2.45) is 5.92 Å². The van der Waals surface area contributed by atoms with Gasteiger partial charge in [-0.3, -0.25) is 4.79 Å². The van der Waals surface area contributed by atoms with Gasteiger partial charge in [0.15, 0.2) is 0 Å². The molecule has 1 saturated heterocycles. The highest BCUT2D eigenvalue weighted by Crippen LogP contribution is 2.29. The Hall–Kier alpha value is -2.18. The molecule has 1 amide bonds. The second-order valence-electron chi connectivity index (χ2n) is 7.63. The largest absolute Gasteiger partial charge is 0.355 e. The Balaban J connectivity index is 1.46. The van der Waals surface area contributed by atoms with Gasteiger partial charge in [0, 0.05) is 19.1 Å². The molecule has 2 aromatic rings. The first kappa shape index (κ1) is 17.2. The number of nitrogens with zero attached hydrogens (tertiary/aromatic N) is 4. The van der Waals surface area contributed by atoms with Gasteiger partial charge in [-0.25, -0.2) is 4.98 Å². The molecule has 1 N–H and O–H groups in total. The van der Waals surface area contributed by atoms with Gasteiger partial charge in [-0.05, 0) is 32.6 Å². The topological polar surface area (TPSA) is 84.2 Å². The van der Waals surface area contributed by atoms with Crippen LogP contribution in [0.1, 0.15) is 57.1 Å². The third kappa shape index (κ3) is 3.52. The monoisotopic (exact) mass is 357 g/mol. The number of rotatable bonds is 3. The molecule has 0 spiro atoms. The smallest absolute Gasteiger partial charge is 0.263 e. The van der Waals surface area contributed by atoms with Crippen molar-refractivity contribution in [2.75, 3.05) is 18.0 Å². The van der Waals surface area contributed by atoms with E-state index in [-0.39, 0.29) is 11.8 Å². The Kier molecular flexibility index (Phi) is 5.04. The number of piperidine rings is 1. The van der Waals surface area contributed by atoms with E-state index in [4.69, 9.17) is 4.52 Å². The lowest BCUT2D eigenvalue weighted by Gasteiger charge is -2.33. The van der Waals surface area contributed by atoms with Gasteiger partial charge in [-0.1, -0.05) is 30.8 Å². The average Bonchev–Trinajstić information content (AvgIpc) is 2.88. The van der Waals surface area contributed by atoms with Crippen molar-refractivity contribution in [3.63, 3.8) is 0 Å². The molecule has 1 aliphatic heterocycles. The first-order chi connectivity index (χ1) is 12.7. The summed E-state index contributed by atoms with van der Waals surface area (Å²) in [7, 11) is 0. The Morgan fingerprint density at radius 2 is 1.96 bits per heavy atom. The number of aryl methyl sites for hydroxylation is 1. The van der Waals surface area contributed by atoms with Crippen molar-refractivity contribution in [3.8, 4) is 0 Å². The zero-order valence-corrected chi connectivity index (χ0v) is 15.4. The normalized spacial score (nSPS) is 22.3. The van der Waals surface area contributed by atoms with Crippen LogP contribution in [0.25, 0.3) is 11.1 Å². The highest BCUT2D eigenvalue weighted by molar-refractivity contribution is 5.88. The summed E-state index contributed by atoms with van der Waals surface area (Å²) < 4.78 is 5.26. The van der Waals surface area contributed by atoms with Gasteiger partial charge >= 0.3 is 0 Å². The van der Waals surface area contributed by atoms with Crippen molar-refractivity contribution in [1.82, 2.24) is 20.4 Å². The molecule has 1 saturated carbocycles. The second kappa shape index (κ2) is 7.60. The SMILES string of the molecule is Cc1noc2ncnc(N3CCCC(C(=O)NC4CCCCCC4)C3)c12. The Morgan fingerprint density at radius 1 is 1.15 bits per heavy atom. The molecule has 2 aliphatic rings. The van der Waals surface area contributed by atoms with Gasteiger partial charge in [-0.2, -0.15) is 4.98 Å². The fourth-order valence-corrected chi connectivity index (χ4v) is 4.27. The van der Waals surface area contributed by atoms with E-state index < -0.39 is 0 Å². The van der Waals surface area contributed by atoms with Crippen LogP contribution < -0.4 is 10.2 Å². The van der Waals surface area contributed by atoms with Crippen LogP contribution in [0.2, 0.25) is 0 Å². The molecule has 7 nitrogen and oxygen atoms in total. The van der Waals surface area contributed by atoms with E-state index in [0.29, 0.717) is 18.3 Å². The quantitative estimate of drug-likeness (QED) is 0.850. The van der Waals surface area contributed by atoms with Crippen LogP contribution in [0.5, 0.6) is 0 Å². The minimum absolute atomic E-state index is 0.0113. The Morgan fingerprint density at radius 3 is 2.77 bits per heavy atom. The lowest BCUT2D eigenvalue weighted by molar-refractivity contribution is -0.126. The number of hydrogen-bond donors (Lipinski definition) is 1. The molecule has 3 heterocycles. The zero-order valence-electron chi connectivity index (χ0n) is 15.4. The summed E-state index contributed by atoms with van der Waals surface area (Å²) in [6.07, 6.45) is 10.7. The standard InChI is InChI=1S/C19H27N5O2/c1-13-16-17(20-12-21-19(16)26-23-13)24-10-6-7-14(11-24)18(25)22-15-8-4-2-3-5-9-15/h12,14-15H,2-11H2,1H3,(H,22,25). The first-order valence-corrected chi connectivity index (χ1v) is 9.84. The molecule has 1 unspecified atom stereocenters. The first-order valence-electron chi connectivity index (χ1n) is 9.84. The van der Waals surface area contributed by atoms with E-state index in [2.05, 4.69) is 25.3 Å². The van der Waals surface area contributed by atoms with E-state index in [1.807, 2.05) is 6.92 Å². The molecule has 7 heteroatoms. The van der Waals surface area contributed by atoms with Crippen molar-refractivity contribution < 1.29 is 9.32 Å². The van der Waals surface area contributed by atoms with Crippen LogP contribution in [-0.2, 0) is 4.79 Å². The van der Waals surface area contributed by atoms with Crippen molar-refractivity contribution in [3.05, 3.63) is 12.0 Å². The van der Waals surface area contributed by atoms with Crippen molar-refractivity contribution >= 4 is 22.8 Å². The van der Waals surface area contributed by atoms with E-state index in [9.17, 15) is 4.79 Å². The maximum absolute atomic E-state index is 12.8. The summed E-state index contributed by atoms with van der Waals surface area (Å²) in [5, 5.41) is 8.18. The summed E-state index contributed by atoms with van der Waals surface area (Å²) in [6, 6.07) is 0.353. The van der Waals surface area contributed by atoms with Crippen LogP contribution in [0.3, 0.4) is 0 Å². The number of hydrogen-bond acceptors (Lipinski definition) is 6. The molecule has 1 aliphatic carbocycles. The van der Waals surface area contributed by atoms with Crippen LogP contribution >= 0.6 is 0 Å². The van der Waals surface area contributed by atoms with Gasteiger partial charge in [0.25, 0.3) is 5.71 Å². The molecular formula is C19H27N5O2. The number of carbonyl (C=O) groups excluding carboxylic acids is 1. The maximum Gasteiger partial charge on any atom is 0.263 e. The predicted octanol–water partition coefficient (Wildman–Crippen LogP) is 2.98. The maximum atomic E-state index is 12.8. The molecule has 140 valence electrons. The van der Waals surface area contributed by atoms with Gasteiger partial charge in [0.1, 0.15) is 17.5 Å². The van der Waals surface area contributed by atoms with E-state index >= 15 is 0 Å². The van der Waals surface area contributed by atoms with Crippen molar-refractivity contribution in [2.45, 2.75) is 64.3 Å². The Bertz CT molecular complexity index is 766. The Labute approximate surface area is 153 Å². The van der Waals surface area contributed by atoms with Crippen LogP contribution in [0, 0.1) is 12.8 Å². The number of aromatic nitrogens is 3. The zero-order chi connectivity index (χ0) is 17.9. The summed E-state index contributed by atoms with van der Waals surface area (Å²) >= 11 is 0. The number of nitrogens with one attached hydrogen (secondary N) is 1. The highest BCUT2D eigenvalue weighted by atomic mass is 16.5. The minimum Gasteiger partial charge on any atom is -0.355 e. The molecule has 4 rings (SSSR count). The van der Waals surface area contributed by atoms with Crippen LogP contribution in [-0.4, -0.2) is 40.2 Å². The number of anilines is 1. The lowest BCUT2D eigenvalue weighted by Crippen LogP contribution is -2.46. The van der Waals surface area contributed by atoms with E-state index in [1.165, 1.54) is 32.0 Å². The summed E-state index contributed by atoms with van der Waals surface area (Å²) in [6.45, 7) is 3.48. The molecule has 0 aromatic carbocycles. The fourth-order valence-electron chi connectivity index (χ4n) is 4.27. The predicted molar refractivity (Wildman–Crippen MR) is 98.9 cm³/mol. The highest BCUT2D eigenvalue weighted by Gasteiger charge is 2.29. The molecule has 2 fully saturated rings. The summed E-state index contributed by atoms with van der Waals surface area (Å²) in [5.41, 5.74) is 1.30. The van der Waals surface area contributed by atoms with Crippen LogP contribution in [0.15, 0.2) is 10.9 Å². The minimum atomic E-state index is 0.0113. The van der Waals surface area contributed by atoms with E-state index in [0.717, 1.165) is 49.1 Å². The van der Waals surface area contributed by atoms with Crippen LogP contribution in [0.4, 0.5) is 5.82 Å². The number of fused-ring (bicyclic) bond motifs is 1. The third-order valence-electron chi connectivity index (χ3n) is 5.72. The van der Waals surface area contributed by atoms with Gasteiger partial charge < -0.3 is 14.7 Å². The molecule has 2 aromatic heterocycles. The van der Waals surface area contributed by atoms with Gasteiger partial charge in [-0.15, -0.1) is 0 Å². The second-order valence-corrected chi connectivity index (χ2v) is 7.63. The molecule has 26 heavy (non-hydrogen) atoms. The molecular weight excluding hydrogens is 330 g/mol. The number of amides is 1. The summed E-state index contributed by atoms with van der Waals surface area (Å²) in [5.74, 6) is 1.05. The van der Waals surface area contributed by atoms with Crippen molar-refractivity contribution in [1.29, 1.82) is 0 Å². The lowest BCUT2D eigenvalue weighted by atomic mass is 9.96. The van der Waals surface area contributed by atoms with Gasteiger partial charge in [0.05, 0.1) is 11.6 Å². The fraction of sp³-hybridized carbons (Fsp3) is 0.684.